The van der Waals surface area contributed by atoms with Crippen molar-refractivity contribution < 1.29 is 9.53 Å². The molecule has 33 heavy (non-hydrogen) atoms. The summed E-state index contributed by atoms with van der Waals surface area (Å²) >= 11 is 6.24. The van der Waals surface area contributed by atoms with E-state index in [1.807, 2.05) is 35.1 Å². The number of nitrogens with zero attached hydrogens (tertiary/aromatic N) is 3. The predicted octanol–water partition coefficient (Wildman–Crippen LogP) is 5.23. The van der Waals surface area contributed by atoms with E-state index in [1.54, 1.807) is 0 Å². The summed E-state index contributed by atoms with van der Waals surface area (Å²) < 4.78 is 7.30. The van der Waals surface area contributed by atoms with E-state index in [0.29, 0.717) is 23.8 Å². The van der Waals surface area contributed by atoms with Crippen LogP contribution in [0.1, 0.15) is 31.4 Å². The van der Waals surface area contributed by atoms with Gasteiger partial charge in [-0.05, 0) is 42.2 Å². The van der Waals surface area contributed by atoms with Gasteiger partial charge in [-0.25, -0.2) is 4.68 Å². The lowest BCUT2D eigenvalue weighted by molar-refractivity contribution is -0.119. The molecule has 0 aliphatic carbocycles. The Hall–Kier alpha value is -2.47. The molecule has 0 N–H and O–H groups in total. The molecule has 5 nitrogen and oxygen atoms in total. The minimum atomic E-state index is 0.228. The summed E-state index contributed by atoms with van der Waals surface area (Å²) in [5.74, 6) is 0.568. The van der Waals surface area contributed by atoms with E-state index < -0.39 is 0 Å². The van der Waals surface area contributed by atoms with Crippen LogP contribution in [-0.4, -0.2) is 53.3 Å². The number of hydrogen-bond acceptors (Lipinski definition) is 4. The van der Waals surface area contributed by atoms with Gasteiger partial charge in [0.25, 0.3) is 0 Å². The van der Waals surface area contributed by atoms with Gasteiger partial charge < -0.3 is 4.74 Å². The van der Waals surface area contributed by atoms with Crippen LogP contribution in [0.15, 0.2) is 54.7 Å². The Morgan fingerprint density at radius 1 is 1.12 bits per heavy atom. The second kappa shape index (κ2) is 11.1. The first-order valence-electron chi connectivity index (χ1n) is 11.7. The van der Waals surface area contributed by atoms with Gasteiger partial charge in [-0.1, -0.05) is 49.7 Å². The summed E-state index contributed by atoms with van der Waals surface area (Å²) in [6.07, 6.45) is 3.94. The molecule has 1 aliphatic rings. The molecule has 3 aromatic rings. The summed E-state index contributed by atoms with van der Waals surface area (Å²) in [7, 11) is 0. The van der Waals surface area contributed by atoms with Crippen molar-refractivity contribution in [1.29, 1.82) is 0 Å². The first-order valence-corrected chi connectivity index (χ1v) is 12.1. The third-order valence-corrected chi connectivity index (χ3v) is 6.17. The molecule has 1 aliphatic heterocycles. The molecule has 4 rings (SSSR count). The van der Waals surface area contributed by atoms with Gasteiger partial charge in [0.2, 0.25) is 0 Å². The highest BCUT2D eigenvalue weighted by Gasteiger charge is 2.17. The molecule has 0 atom stereocenters. The van der Waals surface area contributed by atoms with Crippen LogP contribution < -0.4 is 0 Å². The van der Waals surface area contributed by atoms with Crippen molar-refractivity contribution in [2.75, 3.05) is 32.8 Å². The zero-order valence-electron chi connectivity index (χ0n) is 19.5. The number of rotatable bonds is 9. The molecule has 0 spiro atoms. The summed E-state index contributed by atoms with van der Waals surface area (Å²) in [6, 6.07) is 16.2. The van der Waals surface area contributed by atoms with Crippen molar-refractivity contribution in [3.8, 4) is 16.9 Å². The smallest absolute Gasteiger partial charge is 0.137 e. The number of benzene rings is 2. The number of ether oxygens (including phenoxy) is 1. The minimum Gasteiger partial charge on any atom is -0.379 e. The molecule has 2 aromatic carbocycles. The van der Waals surface area contributed by atoms with Gasteiger partial charge in [-0.15, -0.1) is 0 Å². The minimum absolute atomic E-state index is 0.228. The van der Waals surface area contributed by atoms with E-state index in [4.69, 9.17) is 21.4 Å². The zero-order valence-corrected chi connectivity index (χ0v) is 20.2. The monoisotopic (exact) mass is 465 g/mol. The van der Waals surface area contributed by atoms with Gasteiger partial charge >= 0.3 is 0 Å². The average molecular weight is 466 g/mol. The van der Waals surface area contributed by atoms with Crippen molar-refractivity contribution >= 4 is 17.4 Å². The first kappa shape index (κ1) is 23.7. The quantitative estimate of drug-likeness (QED) is 0.434. The van der Waals surface area contributed by atoms with Crippen LogP contribution in [0, 0.1) is 5.92 Å². The fraction of sp³-hybridized carbons (Fsp3) is 0.407. The number of morpholine rings is 1. The van der Waals surface area contributed by atoms with Gasteiger partial charge in [-0.2, -0.15) is 5.10 Å². The lowest BCUT2D eigenvalue weighted by Gasteiger charge is -2.26. The molecule has 1 saturated heterocycles. The van der Waals surface area contributed by atoms with Crippen LogP contribution >= 0.6 is 11.6 Å². The van der Waals surface area contributed by atoms with Crippen molar-refractivity contribution in [2.24, 2.45) is 5.92 Å². The molecule has 1 fully saturated rings. The van der Waals surface area contributed by atoms with E-state index in [-0.39, 0.29) is 5.78 Å². The summed E-state index contributed by atoms with van der Waals surface area (Å²) in [6.45, 7) is 8.86. The third kappa shape index (κ3) is 6.53. The first-order chi connectivity index (χ1) is 16.0. The Labute approximate surface area is 201 Å². The maximum absolute atomic E-state index is 12.6. The van der Waals surface area contributed by atoms with Gasteiger partial charge in [-0.3, -0.25) is 9.69 Å². The number of carbonyl (C=O) groups excluding carboxylic acids is 1. The summed E-state index contributed by atoms with van der Waals surface area (Å²) in [5, 5.41) is 5.52. The molecule has 1 aromatic heterocycles. The van der Waals surface area contributed by atoms with Gasteiger partial charge in [0.15, 0.2) is 0 Å². The van der Waals surface area contributed by atoms with E-state index in [2.05, 4.69) is 43.0 Å². The normalized spacial score (nSPS) is 14.7. The topological polar surface area (TPSA) is 47.4 Å². The standard InChI is InChI=1S/C27H32ClN3O2/c1-20(2)16-26(32)18-23-19-31(29-27(23)22-4-3-5-24(28)17-22)25-8-6-21(7-9-25)10-11-30-12-14-33-15-13-30/h3-9,17,19-20H,10-16,18H2,1-2H3. The summed E-state index contributed by atoms with van der Waals surface area (Å²) in [4.78, 5) is 15.0. The zero-order chi connectivity index (χ0) is 23.2. The maximum atomic E-state index is 12.6. The second-order valence-corrected chi connectivity index (χ2v) is 9.58. The number of ketones is 1. The number of halogens is 1. The maximum Gasteiger partial charge on any atom is 0.137 e. The fourth-order valence-electron chi connectivity index (χ4n) is 4.22. The van der Waals surface area contributed by atoms with E-state index >= 15 is 0 Å². The number of Topliss-reactive ketones (excluding diaryl/α,β-unsaturated/α-hetero) is 1. The molecule has 2 heterocycles. The van der Waals surface area contributed by atoms with Gasteiger partial charge in [0.1, 0.15) is 5.78 Å². The van der Waals surface area contributed by atoms with Crippen LogP contribution in [0.4, 0.5) is 0 Å². The second-order valence-electron chi connectivity index (χ2n) is 9.14. The summed E-state index contributed by atoms with van der Waals surface area (Å²) in [5.41, 5.74) is 4.96. The number of carbonyl (C=O) groups is 1. The molecular weight excluding hydrogens is 434 g/mol. The number of aromatic nitrogens is 2. The molecule has 6 heteroatoms. The Morgan fingerprint density at radius 2 is 1.88 bits per heavy atom. The largest absolute Gasteiger partial charge is 0.379 e. The fourth-order valence-corrected chi connectivity index (χ4v) is 4.41. The lowest BCUT2D eigenvalue weighted by Crippen LogP contribution is -2.37. The highest BCUT2D eigenvalue weighted by Crippen LogP contribution is 2.27. The van der Waals surface area contributed by atoms with Gasteiger partial charge in [0, 0.05) is 54.8 Å². The molecule has 0 amide bonds. The van der Waals surface area contributed by atoms with Crippen molar-refractivity contribution in [3.05, 3.63) is 70.9 Å². The van der Waals surface area contributed by atoms with Crippen LogP contribution in [0.3, 0.4) is 0 Å². The van der Waals surface area contributed by atoms with Crippen molar-refractivity contribution in [3.63, 3.8) is 0 Å². The van der Waals surface area contributed by atoms with Crippen LogP contribution in [-0.2, 0) is 22.4 Å². The number of hydrogen-bond donors (Lipinski definition) is 0. The molecule has 0 saturated carbocycles. The van der Waals surface area contributed by atoms with Crippen molar-refractivity contribution in [2.45, 2.75) is 33.1 Å². The van der Waals surface area contributed by atoms with E-state index in [0.717, 1.165) is 61.8 Å². The Bertz CT molecular complexity index is 1070. The van der Waals surface area contributed by atoms with Gasteiger partial charge in [0.05, 0.1) is 24.6 Å². The molecule has 174 valence electrons. The van der Waals surface area contributed by atoms with E-state index in [1.165, 1.54) is 5.56 Å². The Balaban J connectivity index is 1.54. The Morgan fingerprint density at radius 3 is 2.58 bits per heavy atom. The SMILES string of the molecule is CC(C)CC(=O)Cc1cn(-c2ccc(CCN3CCOCC3)cc2)nc1-c1cccc(Cl)c1. The predicted molar refractivity (Wildman–Crippen MR) is 133 cm³/mol. The lowest BCUT2D eigenvalue weighted by atomic mass is 9.99. The molecule has 0 bridgehead atoms. The molecule has 0 radical (unpaired) electrons. The van der Waals surface area contributed by atoms with E-state index in [9.17, 15) is 4.79 Å². The average Bonchev–Trinajstić information content (AvgIpc) is 3.22. The molecule has 0 unspecified atom stereocenters. The van der Waals surface area contributed by atoms with Crippen LogP contribution in [0.25, 0.3) is 16.9 Å². The Kier molecular flexibility index (Phi) is 7.97. The van der Waals surface area contributed by atoms with Crippen LogP contribution in [0.2, 0.25) is 5.02 Å². The molecular formula is C27H32ClN3O2. The van der Waals surface area contributed by atoms with Crippen LogP contribution in [0.5, 0.6) is 0 Å². The third-order valence-electron chi connectivity index (χ3n) is 5.93. The van der Waals surface area contributed by atoms with Crippen molar-refractivity contribution in [1.82, 2.24) is 14.7 Å². The highest BCUT2D eigenvalue weighted by atomic mass is 35.5. The highest BCUT2D eigenvalue weighted by molar-refractivity contribution is 6.30.